The zero-order valence-electron chi connectivity index (χ0n) is 14.0. The summed E-state index contributed by atoms with van der Waals surface area (Å²) in [5.41, 5.74) is 0.692. The van der Waals surface area contributed by atoms with Gasteiger partial charge in [-0.3, -0.25) is 4.79 Å². The monoisotopic (exact) mass is 384 g/mol. The average molecular weight is 385 g/mol. The Labute approximate surface area is 151 Å². The minimum atomic E-state index is -3.79. The molecule has 0 aromatic heterocycles. The molecule has 0 saturated heterocycles. The summed E-state index contributed by atoms with van der Waals surface area (Å²) < 4.78 is 38.8. The fraction of sp³-hybridized carbons (Fsp3) is 0.235. The molecule has 0 heterocycles. The number of carbonyl (C=O) groups is 1. The fourth-order valence-electron chi connectivity index (χ4n) is 2.25. The van der Waals surface area contributed by atoms with E-state index in [1.807, 2.05) is 0 Å². The SMILES string of the molecule is CCN(C(=O)c1ccc(Cl)c(S(=O)(=O)N(C)C)c1)c1ccc(F)cc1. The molecule has 134 valence electrons. The molecule has 8 heteroatoms. The molecule has 0 fully saturated rings. The van der Waals surface area contributed by atoms with E-state index in [9.17, 15) is 17.6 Å². The van der Waals surface area contributed by atoms with Gasteiger partial charge in [-0.05, 0) is 49.4 Å². The van der Waals surface area contributed by atoms with E-state index in [2.05, 4.69) is 0 Å². The molecule has 0 aliphatic rings. The summed E-state index contributed by atoms with van der Waals surface area (Å²) in [6.45, 7) is 2.11. The number of hydrogen-bond acceptors (Lipinski definition) is 3. The van der Waals surface area contributed by atoms with Gasteiger partial charge >= 0.3 is 0 Å². The first kappa shape index (κ1) is 19.4. The molecule has 0 unspecified atom stereocenters. The van der Waals surface area contributed by atoms with Gasteiger partial charge in [0.2, 0.25) is 10.0 Å². The second kappa shape index (κ2) is 7.51. The molecule has 2 aromatic carbocycles. The second-order valence-electron chi connectivity index (χ2n) is 5.46. The third kappa shape index (κ3) is 4.00. The Morgan fingerprint density at radius 2 is 1.72 bits per heavy atom. The van der Waals surface area contributed by atoms with Gasteiger partial charge in [0, 0.05) is 31.9 Å². The van der Waals surface area contributed by atoms with Crippen LogP contribution >= 0.6 is 11.6 Å². The van der Waals surface area contributed by atoms with E-state index >= 15 is 0 Å². The van der Waals surface area contributed by atoms with Crippen LogP contribution in [0.1, 0.15) is 17.3 Å². The highest BCUT2D eigenvalue weighted by Crippen LogP contribution is 2.26. The van der Waals surface area contributed by atoms with Crippen molar-refractivity contribution in [1.29, 1.82) is 0 Å². The topological polar surface area (TPSA) is 57.7 Å². The lowest BCUT2D eigenvalue weighted by atomic mass is 10.1. The van der Waals surface area contributed by atoms with Crippen LogP contribution in [-0.2, 0) is 10.0 Å². The maximum absolute atomic E-state index is 13.1. The molecule has 2 rings (SSSR count). The lowest BCUT2D eigenvalue weighted by molar-refractivity contribution is 0.0988. The molecule has 0 spiro atoms. The summed E-state index contributed by atoms with van der Waals surface area (Å²) in [6, 6.07) is 9.60. The van der Waals surface area contributed by atoms with E-state index in [-0.39, 0.29) is 15.5 Å². The molecule has 25 heavy (non-hydrogen) atoms. The summed E-state index contributed by atoms with van der Waals surface area (Å²) in [5, 5.41) is 0.0371. The Morgan fingerprint density at radius 1 is 1.12 bits per heavy atom. The van der Waals surface area contributed by atoms with Crippen LogP contribution in [0.3, 0.4) is 0 Å². The summed E-state index contributed by atoms with van der Waals surface area (Å²) in [7, 11) is -1.01. The van der Waals surface area contributed by atoms with Crippen molar-refractivity contribution in [2.45, 2.75) is 11.8 Å². The Hall–Kier alpha value is -1.96. The number of anilines is 1. The number of hydrogen-bond donors (Lipinski definition) is 0. The van der Waals surface area contributed by atoms with Crippen LogP contribution in [0.25, 0.3) is 0 Å². The van der Waals surface area contributed by atoms with Crippen molar-refractivity contribution in [3.8, 4) is 0 Å². The van der Waals surface area contributed by atoms with E-state index in [1.54, 1.807) is 6.92 Å². The molecular weight excluding hydrogens is 367 g/mol. The normalized spacial score (nSPS) is 11.6. The van der Waals surface area contributed by atoms with Crippen molar-refractivity contribution in [3.05, 3.63) is 58.9 Å². The molecule has 0 radical (unpaired) electrons. The number of rotatable bonds is 5. The molecule has 1 amide bonds. The molecule has 0 bridgehead atoms. The number of nitrogens with zero attached hydrogens (tertiary/aromatic N) is 2. The Kier molecular flexibility index (Phi) is 5.82. The van der Waals surface area contributed by atoms with Gasteiger partial charge in [-0.25, -0.2) is 17.1 Å². The maximum Gasteiger partial charge on any atom is 0.258 e. The van der Waals surface area contributed by atoms with Gasteiger partial charge in [-0.15, -0.1) is 0 Å². The van der Waals surface area contributed by atoms with Gasteiger partial charge in [0.15, 0.2) is 0 Å². The van der Waals surface area contributed by atoms with Crippen molar-refractivity contribution < 1.29 is 17.6 Å². The molecular formula is C17H18ClFN2O3S. The third-order valence-electron chi connectivity index (χ3n) is 3.64. The van der Waals surface area contributed by atoms with E-state index in [0.717, 1.165) is 4.31 Å². The lowest BCUT2D eigenvalue weighted by Crippen LogP contribution is -2.31. The Balaban J connectivity index is 2.47. The Morgan fingerprint density at radius 3 is 2.24 bits per heavy atom. The van der Waals surface area contributed by atoms with Crippen molar-refractivity contribution in [2.24, 2.45) is 0 Å². The minimum Gasteiger partial charge on any atom is -0.309 e. The van der Waals surface area contributed by atoms with Gasteiger partial charge in [0.05, 0.1) is 5.02 Å². The summed E-state index contributed by atoms with van der Waals surface area (Å²) in [5.74, 6) is -0.806. The maximum atomic E-state index is 13.1. The number of amides is 1. The average Bonchev–Trinajstić information content (AvgIpc) is 2.57. The highest BCUT2D eigenvalue weighted by molar-refractivity contribution is 7.89. The number of benzene rings is 2. The summed E-state index contributed by atoms with van der Waals surface area (Å²) in [6.07, 6.45) is 0. The van der Waals surface area contributed by atoms with Crippen LogP contribution in [0.4, 0.5) is 10.1 Å². The highest BCUT2D eigenvalue weighted by Gasteiger charge is 2.24. The predicted molar refractivity (Wildman–Crippen MR) is 96.1 cm³/mol. The summed E-state index contributed by atoms with van der Waals surface area (Å²) >= 11 is 6.00. The zero-order valence-corrected chi connectivity index (χ0v) is 15.6. The van der Waals surface area contributed by atoms with Gasteiger partial charge in [0.25, 0.3) is 5.91 Å². The molecule has 2 aromatic rings. The standard InChI is InChI=1S/C17H18ClFN2O3S/c1-4-21(14-8-6-13(19)7-9-14)17(22)12-5-10-15(18)16(11-12)25(23,24)20(2)3/h5-11H,4H2,1-3H3. The van der Waals surface area contributed by atoms with Crippen molar-refractivity contribution in [2.75, 3.05) is 25.5 Å². The minimum absolute atomic E-state index is 0.0371. The van der Waals surface area contributed by atoms with Crippen molar-refractivity contribution in [1.82, 2.24) is 4.31 Å². The van der Waals surface area contributed by atoms with Crippen molar-refractivity contribution >= 4 is 33.2 Å². The smallest absolute Gasteiger partial charge is 0.258 e. The highest BCUT2D eigenvalue weighted by atomic mass is 35.5. The van der Waals surface area contributed by atoms with E-state index in [0.29, 0.717) is 12.2 Å². The van der Waals surface area contributed by atoms with Crippen LogP contribution in [0.5, 0.6) is 0 Å². The fourth-order valence-corrected chi connectivity index (χ4v) is 3.64. The van der Waals surface area contributed by atoms with Gasteiger partial charge in [0.1, 0.15) is 10.7 Å². The van der Waals surface area contributed by atoms with Crippen LogP contribution in [-0.4, -0.2) is 39.3 Å². The van der Waals surface area contributed by atoms with E-state index in [4.69, 9.17) is 11.6 Å². The van der Waals surface area contributed by atoms with Crippen LogP contribution in [0.15, 0.2) is 47.4 Å². The third-order valence-corrected chi connectivity index (χ3v) is 5.93. The number of carbonyl (C=O) groups excluding carboxylic acids is 1. The first-order chi connectivity index (χ1) is 11.7. The quantitative estimate of drug-likeness (QED) is 0.793. The van der Waals surface area contributed by atoms with Crippen molar-refractivity contribution in [3.63, 3.8) is 0 Å². The molecule has 0 atom stereocenters. The van der Waals surface area contributed by atoms with Crippen LogP contribution < -0.4 is 4.90 Å². The van der Waals surface area contributed by atoms with Crippen LogP contribution in [0.2, 0.25) is 5.02 Å². The van der Waals surface area contributed by atoms with Gasteiger partial charge in [-0.2, -0.15) is 0 Å². The molecule has 0 saturated carbocycles. The predicted octanol–water partition coefficient (Wildman–Crippen LogP) is 3.40. The largest absolute Gasteiger partial charge is 0.309 e. The lowest BCUT2D eigenvalue weighted by Gasteiger charge is -2.22. The second-order valence-corrected chi connectivity index (χ2v) is 7.99. The first-order valence-electron chi connectivity index (χ1n) is 7.48. The molecule has 0 aliphatic heterocycles. The molecule has 0 aliphatic carbocycles. The van der Waals surface area contributed by atoms with E-state index in [1.165, 1.54) is 61.5 Å². The molecule has 5 nitrogen and oxygen atoms in total. The van der Waals surface area contributed by atoms with Crippen LogP contribution in [0, 0.1) is 5.82 Å². The zero-order chi connectivity index (χ0) is 18.8. The number of halogens is 2. The molecule has 0 N–H and O–H groups in total. The Bertz CT molecular complexity index is 883. The number of sulfonamides is 1. The van der Waals surface area contributed by atoms with E-state index < -0.39 is 21.7 Å². The van der Waals surface area contributed by atoms with Gasteiger partial charge in [-0.1, -0.05) is 11.6 Å². The first-order valence-corrected chi connectivity index (χ1v) is 9.29. The summed E-state index contributed by atoms with van der Waals surface area (Å²) in [4.78, 5) is 14.1. The van der Waals surface area contributed by atoms with Gasteiger partial charge < -0.3 is 4.90 Å².